The normalized spacial score (nSPS) is 13.4. The lowest BCUT2D eigenvalue weighted by Crippen LogP contribution is -2.51. The molecular weight excluding hydrogens is 362 g/mol. The van der Waals surface area contributed by atoms with Gasteiger partial charge in [-0.3, -0.25) is 4.79 Å². The van der Waals surface area contributed by atoms with Crippen LogP contribution in [-0.2, 0) is 16.0 Å². The number of rotatable bonds is 8. The number of hydrogen-bond acceptors (Lipinski definition) is 6. The van der Waals surface area contributed by atoms with Crippen molar-refractivity contribution in [2.24, 2.45) is 5.92 Å². The van der Waals surface area contributed by atoms with E-state index in [9.17, 15) is 19.5 Å². The first-order valence-corrected chi connectivity index (χ1v) is 9.38. The molecule has 1 aromatic heterocycles. The molecule has 0 unspecified atom stereocenters. The van der Waals surface area contributed by atoms with Gasteiger partial charge in [0.15, 0.2) is 6.10 Å². The fourth-order valence-electron chi connectivity index (χ4n) is 3.05. The van der Waals surface area contributed by atoms with Crippen LogP contribution in [0.1, 0.15) is 45.2 Å². The van der Waals surface area contributed by atoms with E-state index in [1.165, 1.54) is 13.0 Å². The van der Waals surface area contributed by atoms with Crippen LogP contribution in [0, 0.1) is 12.8 Å². The zero-order chi connectivity index (χ0) is 21.0. The fraction of sp³-hybridized carbons (Fsp3) is 0.476. The quantitative estimate of drug-likeness (QED) is 0.690. The maximum absolute atomic E-state index is 12.4. The summed E-state index contributed by atoms with van der Waals surface area (Å²) >= 11 is 0. The van der Waals surface area contributed by atoms with Gasteiger partial charge in [-0.25, -0.2) is 4.79 Å². The van der Waals surface area contributed by atoms with Crippen LogP contribution in [0.2, 0.25) is 0 Å². The highest BCUT2D eigenvalue weighted by atomic mass is 16.5. The molecule has 1 amide bonds. The Morgan fingerprint density at radius 1 is 1.25 bits per heavy atom. The molecule has 0 spiro atoms. The molecule has 0 fully saturated rings. The van der Waals surface area contributed by atoms with Crippen molar-refractivity contribution in [3.8, 4) is 5.75 Å². The molecule has 2 aromatic rings. The Morgan fingerprint density at radius 2 is 1.93 bits per heavy atom. The van der Waals surface area contributed by atoms with Crippen molar-refractivity contribution in [2.45, 2.75) is 59.6 Å². The summed E-state index contributed by atoms with van der Waals surface area (Å²) in [6.07, 6.45) is 0.00753. The van der Waals surface area contributed by atoms with Crippen molar-refractivity contribution in [1.82, 2.24) is 5.32 Å². The third kappa shape index (κ3) is 4.91. The first-order chi connectivity index (χ1) is 13.1. The van der Waals surface area contributed by atoms with Crippen LogP contribution in [0.25, 0.3) is 11.0 Å². The number of nitrogens with one attached hydrogen (secondary N) is 1. The number of amides is 1. The maximum Gasteiger partial charge on any atom is 0.336 e. The van der Waals surface area contributed by atoms with E-state index in [4.69, 9.17) is 9.15 Å². The Labute approximate surface area is 163 Å². The molecule has 2 atom stereocenters. The third-order valence-corrected chi connectivity index (χ3v) is 4.56. The van der Waals surface area contributed by atoms with E-state index < -0.39 is 29.6 Å². The molecule has 0 radical (unpaired) electrons. The summed E-state index contributed by atoms with van der Waals surface area (Å²) in [6, 6.07) is 3.88. The second-order valence-corrected chi connectivity index (χ2v) is 7.28. The largest absolute Gasteiger partial charge is 0.548 e. The van der Waals surface area contributed by atoms with E-state index in [1.54, 1.807) is 19.1 Å². The Kier molecular flexibility index (Phi) is 6.83. The molecule has 1 heterocycles. The summed E-state index contributed by atoms with van der Waals surface area (Å²) in [6.45, 7) is 8.94. The Morgan fingerprint density at radius 3 is 2.50 bits per heavy atom. The molecule has 0 saturated carbocycles. The third-order valence-electron chi connectivity index (χ3n) is 4.56. The molecule has 0 saturated heterocycles. The van der Waals surface area contributed by atoms with Crippen LogP contribution in [-0.4, -0.2) is 24.0 Å². The minimum Gasteiger partial charge on any atom is -0.548 e. The van der Waals surface area contributed by atoms with E-state index >= 15 is 0 Å². The van der Waals surface area contributed by atoms with E-state index in [0.29, 0.717) is 23.3 Å². The van der Waals surface area contributed by atoms with Gasteiger partial charge in [-0.2, -0.15) is 0 Å². The molecular formula is C21H26NO6-. The molecule has 1 N–H and O–H groups in total. The van der Waals surface area contributed by atoms with Crippen LogP contribution in [0.4, 0.5) is 0 Å². The van der Waals surface area contributed by atoms with Crippen molar-refractivity contribution in [3.63, 3.8) is 0 Å². The van der Waals surface area contributed by atoms with E-state index in [0.717, 1.165) is 10.9 Å². The Bertz CT molecular complexity index is 930. The van der Waals surface area contributed by atoms with Crippen molar-refractivity contribution in [2.75, 3.05) is 0 Å². The number of benzene rings is 1. The average molecular weight is 388 g/mol. The van der Waals surface area contributed by atoms with E-state index in [1.807, 2.05) is 20.8 Å². The lowest BCUT2D eigenvalue weighted by atomic mass is 10.0. The topological polar surface area (TPSA) is 109 Å². The SMILES string of the molecule is CCc1cc(=O)oc2c(C)c(O[C@H](C)C(=O)N[C@@H](CC(C)C)C(=O)[O-])ccc12. The molecule has 0 aliphatic carbocycles. The zero-order valence-corrected chi connectivity index (χ0v) is 16.8. The second kappa shape index (κ2) is 8.91. The average Bonchev–Trinajstić information content (AvgIpc) is 2.62. The van der Waals surface area contributed by atoms with Gasteiger partial charge in [0.25, 0.3) is 5.91 Å². The lowest BCUT2D eigenvalue weighted by molar-refractivity contribution is -0.308. The van der Waals surface area contributed by atoms with Crippen molar-refractivity contribution in [3.05, 3.63) is 39.7 Å². The number of hydrogen-bond donors (Lipinski definition) is 1. The molecule has 0 aliphatic heterocycles. The van der Waals surface area contributed by atoms with Gasteiger partial charge in [-0.15, -0.1) is 0 Å². The first kappa shape index (κ1) is 21.5. The van der Waals surface area contributed by atoms with Crippen LogP contribution in [0.15, 0.2) is 27.4 Å². The van der Waals surface area contributed by atoms with Crippen LogP contribution in [0.5, 0.6) is 5.75 Å². The molecule has 28 heavy (non-hydrogen) atoms. The standard InChI is InChI=1S/C21H27NO6/c1-6-14-10-18(23)28-19-12(4)17(8-7-15(14)19)27-13(5)20(24)22-16(21(25)26)9-11(2)3/h7-8,10-11,13,16H,6,9H2,1-5H3,(H,22,24)(H,25,26)/p-1/t13-,16+/m1/s1. The number of carbonyl (C=O) groups excluding carboxylic acids is 2. The summed E-state index contributed by atoms with van der Waals surface area (Å²) in [4.78, 5) is 35.4. The second-order valence-electron chi connectivity index (χ2n) is 7.28. The Balaban J connectivity index is 2.23. The minimum absolute atomic E-state index is 0.0813. The van der Waals surface area contributed by atoms with Crippen LogP contribution in [0.3, 0.4) is 0 Å². The molecule has 0 bridgehead atoms. The maximum atomic E-state index is 12.4. The molecule has 2 rings (SSSR count). The number of ether oxygens (including phenoxy) is 1. The summed E-state index contributed by atoms with van der Waals surface area (Å²) in [5.41, 5.74) is 1.45. The minimum atomic E-state index is -1.33. The summed E-state index contributed by atoms with van der Waals surface area (Å²) in [7, 11) is 0. The monoisotopic (exact) mass is 388 g/mol. The van der Waals surface area contributed by atoms with Gasteiger partial charge in [0.2, 0.25) is 0 Å². The van der Waals surface area contributed by atoms with Gasteiger partial charge in [-0.05, 0) is 50.3 Å². The summed E-state index contributed by atoms with van der Waals surface area (Å²) in [5.74, 6) is -1.42. The molecule has 7 nitrogen and oxygen atoms in total. The molecule has 0 aliphatic rings. The summed E-state index contributed by atoms with van der Waals surface area (Å²) < 4.78 is 11.1. The number of fused-ring (bicyclic) bond motifs is 1. The predicted octanol–water partition coefficient (Wildman–Crippen LogP) is 1.71. The van der Waals surface area contributed by atoms with Crippen molar-refractivity contribution in [1.29, 1.82) is 0 Å². The van der Waals surface area contributed by atoms with Crippen LogP contribution >= 0.6 is 0 Å². The molecule has 1 aromatic carbocycles. The van der Waals surface area contributed by atoms with Gasteiger partial charge >= 0.3 is 5.63 Å². The van der Waals surface area contributed by atoms with Gasteiger partial charge < -0.3 is 24.4 Å². The predicted molar refractivity (Wildman–Crippen MR) is 103 cm³/mol. The Hall–Kier alpha value is -2.83. The zero-order valence-electron chi connectivity index (χ0n) is 16.8. The van der Waals surface area contributed by atoms with Gasteiger partial charge in [0.05, 0.1) is 12.0 Å². The van der Waals surface area contributed by atoms with Crippen LogP contribution < -0.4 is 20.8 Å². The highest BCUT2D eigenvalue weighted by Crippen LogP contribution is 2.29. The van der Waals surface area contributed by atoms with Gasteiger partial charge in [0.1, 0.15) is 11.3 Å². The number of aliphatic carboxylic acids is 1. The highest BCUT2D eigenvalue weighted by Gasteiger charge is 2.22. The number of carbonyl (C=O) groups is 2. The molecule has 7 heteroatoms. The first-order valence-electron chi connectivity index (χ1n) is 9.38. The van der Waals surface area contributed by atoms with E-state index in [-0.39, 0.29) is 12.3 Å². The number of carboxylic acid groups (broad SMARTS) is 1. The van der Waals surface area contributed by atoms with Crippen molar-refractivity contribution < 1.29 is 23.8 Å². The van der Waals surface area contributed by atoms with Gasteiger partial charge in [-0.1, -0.05) is 20.8 Å². The van der Waals surface area contributed by atoms with E-state index in [2.05, 4.69) is 5.32 Å². The highest BCUT2D eigenvalue weighted by molar-refractivity contribution is 5.87. The smallest absolute Gasteiger partial charge is 0.336 e. The van der Waals surface area contributed by atoms with Gasteiger partial charge in [0, 0.05) is 17.0 Å². The lowest BCUT2D eigenvalue weighted by Gasteiger charge is -2.24. The number of carboxylic acids is 1. The molecule has 152 valence electrons. The fourth-order valence-corrected chi connectivity index (χ4v) is 3.05. The van der Waals surface area contributed by atoms with Crippen molar-refractivity contribution >= 4 is 22.8 Å². The summed E-state index contributed by atoms with van der Waals surface area (Å²) in [5, 5.41) is 14.5. The number of aryl methyl sites for hydroxylation is 2.